The van der Waals surface area contributed by atoms with E-state index in [1.54, 1.807) is 0 Å². The van der Waals surface area contributed by atoms with Gasteiger partial charge in [-0.15, -0.1) is 0 Å². The number of hydrogen-bond acceptors (Lipinski definition) is 4. The molecule has 1 atom stereocenters. The van der Waals surface area contributed by atoms with Crippen molar-refractivity contribution >= 4 is 12.1 Å². The molecule has 1 saturated heterocycles. The first-order valence-corrected chi connectivity index (χ1v) is 6.70. The van der Waals surface area contributed by atoms with E-state index >= 15 is 0 Å². The van der Waals surface area contributed by atoms with E-state index in [0.717, 1.165) is 26.1 Å². The van der Waals surface area contributed by atoms with Gasteiger partial charge in [0.1, 0.15) is 5.60 Å². The highest BCUT2D eigenvalue weighted by molar-refractivity contribution is 5.68. The van der Waals surface area contributed by atoms with E-state index in [2.05, 4.69) is 10.2 Å². The predicted molar refractivity (Wildman–Crippen MR) is 71.1 cm³/mol. The number of ether oxygens (including phenoxy) is 1. The number of hydrogen-bond donors (Lipinski definition) is 2. The molecule has 0 aromatic heterocycles. The van der Waals surface area contributed by atoms with E-state index in [1.807, 2.05) is 20.8 Å². The molecule has 0 aromatic carbocycles. The summed E-state index contributed by atoms with van der Waals surface area (Å²) in [6, 6.07) is 0.0969. The van der Waals surface area contributed by atoms with Crippen LogP contribution in [-0.4, -0.2) is 53.3 Å². The molecule has 0 saturated carbocycles. The number of carboxylic acids is 1. The van der Waals surface area contributed by atoms with Gasteiger partial charge in [-0.25, -0.2) is 4.79 Å². The molecule has 0 unspecified atom stereocenters. The van der Waals surface area contributed by atoms with Gasteiger partial charge in [-0.1, -0.05) is 0 Å². The van der Waals surface area contributed by atoms with Crippen LogP contribution in [-0.2, 0) is 9.53 Å². The highest BCUT2D eigenvalue weighted by atomic mass is 16.6. The van der Waals surface area contributed by atoms with E-state index in [-0.39, 0.29) is 18.6 Å². The summed E-state index contributed by atoms with van der Waals surface area (Å²) >= 11 is 0. The molecule has 1 rings (SSSR count). The van der Waals surface area contributed by atoms with Gasteiger partial charge in [0.25, 0.3) is 0 Å². The Morgan fingerprint density at radius 3 is 2.68 bits per heavy atom. The third-order valence-corrected chi connectivity index (χ3v) is 2.86. The Kier molecular flexibility index (Phi) is 5.60. The standard InChI is InChI=1S/C13H24N2O4/c1-13(2,3)19-12(18)14-10-6-8-15(9-10)7-4-5-11(16)17/h10H,4-9H2,1-3H3,(H,14,18)(H,16,17)/t10-/m1/s1. The Bertz CT molecular complexity index is 325. The Morgan fingerprint density at radius 2 is 2.11 bits per heavy atom. The summed E-state index contributed by atoms with van der Waals surface area (Å²) in [5.41, 5.74) is -0.482. The van der Waals surface area contributed by atoms with Gasteiger partial charge in [0.2, 0.25) is 0 Å². The van der Waals surface area contributed by atoms with E-state index in [4.69, 9.17) is 9.84 Å². The third-order valence-electron chi connectivity index (χ3n) is 2.86. The van der Waals surface area contributed by atoms with Crippen molar-refractivity contribution in [3.05, 3.63) is 0 Å². The number of amides is 1. The second-order valence-corrected chi connectivity index (χ2v) is 5.93. The van der Waals surface area contributed by atoms with E-state index < -0.39 is 11.6 Å². The Hall–Kier alpha value is -1.30. The highest BCUT2D eigenvalue weighted by Gasteiger charge is 2.25. The normalized spacial score (nSPS) is 20.3. The number of rotatable bonds is 5. The number of carboxylic acid groups (broad SMARTS) is 1. The van der Waals surface area contributed by atoms with Crippen LogP contribution in [0, 0.1) is 0 Å². The monoisotopic (exact) mass is 272 g/mol. The summed E-state index contributed by atoms with van der Waals surface area (Å²) in [4.78, 5) is 24.2. The molecule has 0 spiro atoms. The van der Waals surface area contributed by atoms with Crippen molar-refractivity contribution < 1.29 is 19.4 Å². The van der Waals surface area contributed by atoms with E-state index in [1.165, 1.54) is 0 Å². The first kappa shape index (κ1) is 15.8. The van der Waals surface area contributed by atoms with Crippen LogP contribution in [0.2, 0.25) is 0 Å². The Labute approximate surface area is 114 Å². The second-order valence-electron chi connectivity index (χ2n) is 5.93. The largest absolute Gasteiger partial charge is 0.481 e. The van der Waals surface area contributed by atoms with Gasteiger partial charge in [-0.2, -0.15) is 0 Å². The molecule has 0 aliphatic carbocycles. The quantitative estimate of drug-likeness (QED) is 0.792. The smallest absolute Gasteiger partial charge is 0.407 e. The predicted octanol–water partition coefficient (Wildman–Crippen LogP) is 1.45. The first-order valence-electron chi connectivity index (χ1n) is 6.70. The molecule has 6 nitrogen and oxygen atoms in total. The molecule has 1 heterocycles. The molecule has 1 aliphatic heterocycles. The SMILES string of the molecule is CC(C)(C)OC(=O)N[C@@H]1CCN(CCCC(=O)O)C1. The fourth-order valence-corrected chi connectivity index (χ4v) is 2.08. The summed E-state index contributed by atoms with van der Waals surface area (Å²) in [6.07, 6.45) is 1.34. The maximum Gasteiger partial charge on any atom is 0.407 e. The number of nitrogens with zero attached hydrogens (tertiary/aromatic N) is 1. The molecule has 1 aliphatic rings. The summed E-state index contributed by atoms with van der Waals surface area (Å²) in [5.74, 6) is -0.761. The lowest BCUT2D eigenvalue weighted by atomic mass is 10.2. The molecule has 1 fully saturated rings. The number of aliphatic carboxylic acids is 1. The van der Waals surface area contributed by atoms with Crippen LogP contribution in [0.25, 0.3) is 0 Å². The topological polar surface area (TPSA) is 78.9 Å². The van der Waals surface area contributed by atoms with E-state index in [9.17, 15) is 9.59 Å². The zero-order chi connectivity index (χ0) is 14.5. The fraction of sp³-hybridized carbons (Fsp3) is 0.846. The van der Waals surface area contributed by atoms with Gasteiger partial charge in [0.05, 0.1) is 0 Å². The van der Waals surface area contributed by atoms with Crippen LogP contribution in [0.4, 0.5) is 4.79 Å². The Morgan fingerprint density at radius 1 is 1.42 bits per heavy atom. The minimum Gasteiger partial charge on any atom is -0.481 e. The maximum absolute atomic E-state index is 11.6. The highest BCUT2D eigenvalue weighted by Crippen LogP contribution is 2.12. The average molecular weight is 272 g/mol. The van der Waals surface area contributed by atoms with Crippen molar-refractivity contribution in [1.82, 2.24) is 10.2 Å². The zero-order valence-corrected chi connectivity index (χ0v) is 11.9. The van der Waals surface area contributed by atoms with E-state index in [0.29, 0.717) is 6.42 Å². The first-order chi connectivity index (χ1) is 8.76. The molecule has 19 heavy (non-hydrogen) atoms. The van der Waals surface area contributed by atoms with Crippen molar-refractivity contribution in [2.75, 3.05) is 19.6 Å². The second kappa shape index (κ2) is 6.75. The Balaban J connectivity index is 2.21. The molecule has 0 bridgehead atoms. The molecule has 2 N–H and O–H groups in total. The third kappa shape index (κ3) is 7.00. The lowest BCUT2D eigenvalue weighted by Gasteiger charge is -2.22. The molecular weight excluding hydrogens is 248 g/mol. The summed E-state index contributed by atoms with van der Waals surface area (Å²) in [6.45, 7) is 7.91. The van der Waals surface area contributed by atoms with Gasteiger partial charge in [-0.3, -0.25) is 4.79 Å². The number of alkyl carbamates (subject to hydrolysis) is 1. The number of likely N-dealkylation sites (tertiary alicyclic amines) is 1. The molecular formula is C13H24N2O4. The van der Waals surface area contributed by atoms with Crippen LogP contribution >= 0.6 is 0 Å². The van der Waals surface area contributed by atoms with Crippen molar-refractivity contribution in [3.63, 3.8) is 0 Å². The molecule has 6 heteroatoms. The number of carbonyl (C=O) groups is 2. The van der Waals surface area contributed by atoms with Gasteiger partial charge in [0, 0.05) is 25.6 Å². The van der Waals surface area contributed by atoms with Crippen molar-refractivity contribution in [2.24, 2.45) is 0 Å². The molecule has 0 radical (unpaired) electrons. The number of nitrogens with one attached hydrogen (secondary N) is 1. The molecule has 110 valence electrons. The van der Waals surface area contributed by atoms with Crippen molar-refractivity contribution in [3.8, 4) is 0 Å². The lowest BCUT2D eigenvalue weighted by molar-refractivity contribution is -0.137. The minimum absolute atomic E-state index is 0.0969. The maximum atomic E-state index is 11.6. The van der Waals surface area contributed by atoms with Crippen molar-refractivity contribution in [1.29, 1.82) is 0 Å². The van der Waals surface area contributed by atoms with Gasteiger partial charge in [0.15, 0.2) is 0 Å². The lowest BCUT2D eigenvalue weighted by Crippen LogP contribution is -2.40. The summed E-state index contributed by atoms with van der Waals surface area (Å²) in [7, 11) is 0. The van der Waals surface area contributed by atoms with Gasteiger partial charge < -0.3 is 20.1 Å². The average Bonchev–Trinajstić information content (AvgIpc) is 2.61. The molecule has 1 amide bonds. The van der Waals surface area contributed by atoms with Crippen molar-refractivity contribution in [2.45, 2.75) is 51.7 Å². The van der Waals surface area contributed by atoms with Crippen LogP contribution in [0.1, 0.15) is 40.0 Å². The van der Waals surface area contributed by atoms with Crippen LogP contribution in [0.5, 0.6) is 0 Å². The summed E-state index contributed by atoms with van der Waals surface area (Å²) < 4.78 is 5.20. The summed E-state index contributed by atoms with van der Waals surface area (Å²) in [5, 5.41) is 11.4. The van der Waals surface area contributed by atoms with Crippen LogP contribution in [0.3, 0.4) is 0 Å². The zero-order valence-electron chi connectivity index (χ0n) is 11.9. The molecule has 0 aromatic rings. The van der Waals surface area contributed by atoms with Crippen LogP contribution in [0.15, 0.2) is 0 Å². The van der Waals surface area contributed by atoms with Gasteiger partial charge in [-0.05, 0) is 40.2 Å². The van der Waals surface area contributed by atoms with Gasteiger partial charge >= 0.3 is 12.1 Å². The minimum atomic E-state index is -0.761. The van der Waals surface area contributed by atoms with Crippen LogP contribution < -0.4 is 5.32 Å². The number of carbonyl (C=O) groups excluding carboxylic acids is 1. The fourth-order valence-electron chi connectivity index (χ4n) is 2.08.